The third-order valence-corrected chi connectivity index (χ3v) is 3.21. The molecule has 1 heterocycles. The molecule has 0 bridgehead atoms. The molecule has 0 spiro atoms. The van der Waals surface area contributed by atoms with Gasteiger partial charge in [0.2, 0.25) is 0 Å². The molecule has 0 N–H and O–H groups in total. The third-order valence-electron chi connectivity index (χ3n) is 2.97. The van der Waals surface area contributed by atoms with Crippen LogP contribution in [0.5, 0.6) is 0 Å². The second-order valence-corrected chi connectivity index (χ2v) is 5.37. The van der Waals surface area contributed by atoms with E-state index < -0.39 is 0 Å². The highest BCUT2D eigenvalue weighted by molar-refractivity contribution is 6.16. The SMILES string of the molecule is CC(C)COCCn1c(CCl)nc2ccccc2c1=O. The number of halogens is 1. The average Bonchev–Trinajstić information content (AvgIpc) is 2.45. The maximum absolute atomic E-state index is 12.4. The molecule has 0 fully saturated rings. The number of alkyl halides is 1. The van der Waals surface area contributed by atoms with Gasteiger partial charge in [-0.05, 0) is 18.1 Å². The molecule has 0 radical (unpaired) electrons. The van der Waals surface area contributed by atoms with E-state index >= 15 is 0 Å². The molecular weight excluding hydrogens is 276 g/mol. The number of para-hydroxylation sites is 1. The molecule has 0 saturated heterocycles. The van der Waals surface area contributed by atoms with Crippen LogP contribution in [-0.2, 0) is 17.2 Å². The van der Waals surface area contributed by atoms with Gasteiger partial charge in [0.15, 0.2) is 0 Å². The minimum Gasteiger partial charge on any atom is -0.379 e. The lowest BCUT2D eigenvalue weighted by Gasteiger charge is -2.12. The van der Waals surface area contributed by atoms with Crippen LogP contribution in [0.1, 0.15) is 19.7 Å². The lowest BCUT2D eigenvalue weighted by atomic mass is 10.2. The Labute approximate surface area is 123 Å². The Morgan fingerprint density at radius 3 is 2.80 bits per heavy atom. The first-order valence-corrected chi connectivity index (χ1v) is 7.29. The van der Waals surface area contributed by atoms with Gasteiger partial charge in [-0.2, -0.15) is 0 Å². The van der Waals surface area contributed by atoms with Crippen LogP contribution in [0.3, 0.4) is 0 Å². The molecule has 1 aromatic carbocycles. The maximum atomic E-state index is 12.4. The molecule has 2 rings (SSSR count). The minimum atomic E-state index is -0.0561. The lowest BCUT2D eigenvalue weighted by molar-refractivity contribution is 0.102. The quantitative estimate of drug-likeness (QED) is 0.608. The van der Waals surface area contributed by atoms with Crippen LogP contribution < -0.4 is 5.56 Å². The largest absolute Gasteiger partial charge is 0.379 e. The zero-order valence-electron chi connectivity index (χ0n) is 11.8. The smallest absolute Gasteiger partial charge is 0.261 e. The van der Waals surface area contributed by atoms with Gasteiger partial charge in [-0.25, -0.2) is 4.98 Å². The molecule has 0 saturated carbocycles. The fourth-order valence-electron chi connectivity index (χ4n) is 2.02. The molecule has 5 heteroatoms. The second kappa shape index (κ2) is 6.86. The van der Waals surface area contributed by atoms with Crippen LogP contribution in [0.25, 0.3) is 10.9 Å². The van der Waals surface area contributed by atoms with Gasteiger partial charge < -0.3 is 4.74 Å². The lowest BCUT2D eigenvalue weighted by Crippen LogP contribution is -2.27. The Bertz CT molecular complexity index is 637. The Morgan fingerprint density at radius 2 is 2.10 bits per heavy atom. The number of aromatic nitrogens is 2. The fraction of sp³-hybridized carbons (Fsp3) is 0.467. The van der Waals surface area contributed by atoms with Crippen molar-refractivity contribution in [3.8, 4) is 0 Å². The zero-order valence-corrected chi connectivity index (χ0v) is 12.6. The zero-order chi connectivity index (χ0) is 14.5. The molecule has 0 aliphatic carbocycles. The first-order valence-electron chi connectivity index (χ1n) is 6.75. The molecule has 2 aromatic rings. The summed E-state index contributed by atoms with van der Waals surface area (Å²) in [5, 5.41) is 0.616. The summed E-state index contributed by atoms with van der Waals surface area (Å²) in [6.45, 7) is 5.83. The summed E-state index contributed by atoms with van der Waals surface area (Å²) in [5.74, 6) is 1.28. The van der Waals surface area contributed by atoms with Crippen LogP contribution in [0.15, 0.2) is 29.1 Å². The van der Waals surface area contributed by atoms with Gasteiger partial charge in [0, 0.05) is 6.61 Å². The first kappa shape index (κ1) is 15.0. The summed E-state index contributed by atoms with van der Waals surface area (Å²) < 4.78 is 7.14. The van der Waals surface area contributed by atoms with Crippen molar-refractivity contribution in [2.24, 2.45) is 5.92 Å². The Kier molecular flexibility index (Phi) is 5.15. The predicted molar refractivity (Wildman–Crippen MR) is 81.2 cm³/mol. The molecule has 0 aliphatic rings. The van der Waals surface area contributed by atoms with Gasteiger partial charge in [-0.3, -0.25) is 9.36 Å². The van der Waals surface area contributed by atoms with Gasteiger partial charge in [-0.15, -0.1) is 11.6 Å². The number of ether oxygens (including phenoxy) is 1. The summed E-state index contributed by atoms with van der Waals surface area (Å²) in [4.78, 5) is 16.9. The molecule has 0 amide bonds. The highest BCUT2D eigenvalue weighted by Crippen LogP contribution is 2.09. The summed E-state index contributed by atoms with van der Waals surface area (Å²) in [6.07, 6.45) is 0. The van der Waals surface area contributed by atoms with Gasteiger partial charge in [0.1, 0.15) is 5.82 Å². The van der Waals surface area contributed by atoms with E-state index in [2.05, 4.69) is 18.8 Å². The summed E-state index contributed by atoms with van der Waals surface area (Å²) in [5.41, 5.74) is 0.631. The van der Waals surface area contributed by atoms with Crippen molar-refractivity contribution in [3.63, 3.8) is 0 Å². The van der Waals surface area contributed by atoms with Crippen LogP contribution >= 0.6 is 11.6 Å². The highest BCUT2D eigenvalue weighted by Gasteiger charge is 2.09. The van der Waals surface area contributed by atoms with E-state index in [0.717, 1.165) is 0 Å². The molecule has 0 unspecified atom stereocenters. The van der Waals surface area contributed by atoms with E-state index in [0.29, 0.717) is 42.4 Å². The fourth-order valence-corrected chi connectivity index (χ4v) is 2.23. The molecule has 1 aromatic heterocycles. The van der Waals surface area contributed by atoms with Crippen molar-refractivity contribution in [2.45, 2.75) is 26.3 Å². The van der Waals surface area contributed by atoms with Crippen molar-refractivity contribution >= 4 is 22.5 Å². The summed E-state index contributed by atoms with van der Waals surface area (Å²) >= 11 is 5.90. The highest BCUT2D eigenvalue weighted by atomic mass is 35.5. The van der Waals surface area contributed by atoms with Crippen LogP contribution in [0.2, 0.25) is 0 Å². The van der Waals surface area contributed by atoms with Gasteiger partial charge in [0.25, 0.3) is 5.56 Å². The number of rotatable bonds is 6. The number of hydrogen-bond acceptors (Lipinski definition) is 3. The molecule has 20 heavy (non-hydrogen) atoms. The topological polar surface area (TPSA) is 44.1 Å². The van der Waals surface area contributed by atoms with E-state index in [9.17, 15) is 4.79 Å². The third kappa shape index (κ3) is 3.38. The van der Waals surface area contributed by atoms with E-state index in [1.54, 1.807) is 10.6 Å². The number of fused-ring (bicyclic) bond motifs is 1. The Balaban J connectivity index is 2.27. The molecule has 108 valence electrons. The van der Waals surface area contributed by atoms with E-state index in [1.807, 2.05) is 18.2 Å². The van der Waals surface area contributed by atoms with Crippen molar-refractivity contribution in [1.82, 2.24) is 9.55 Å². The molecule has 0 atom stereocenters. The Hall–Kier alpha value is -1.39. The van der Waals surface area contributed by atoms with Crippen molar-refractivity contribution < 1.29 is 4.74 Å². The Morgan fingerprint density at radius 1 is 1.35 bits per heavy atom. The summed E-state index contributed by atoms with van der Waals surface area (Å²) in [6, 6.07) is 7.31. The van der Waals surface area contributed by atoms with Crippen LogP contribution in [0, 0.1) is 5.92 Å². The van der Waals surface area contributed by atoms with E-state index in [4.69, 9.17) is 16.3 Å². The monoisotopic (exact) mass is 294 g/mol. The number of hydrogen-bond donors (Lipinski definition) is 0. The van der Waals surface area contributed by atoms with Gasteiger partial charge in [0.05, 0.1) is 29.9 Å². The minimum absolute atomic E-state index is 0.0561. The van der Waals surface area contributed by atoms with Gasteiger partial charge in [-0.1, -0.05) is 26.0 Å². The second-order valence-electron chi connectivity index (χ2n) is 5.10. The average molecular weight is 295 g/mol. The molecular formula is C15H19ClN2O2. The van der Waals surface area contributed by atoms with Gasteiger partial charge >= 0.3 is 0 Å². The van der Waals surface area contributed by atoms with Crippen LogP contribution in [-0.4, -0.2) is 22.8 Å². The standard InChI is InChI=1S/C15H19ClN2O2/c1-11(2)10-20-8-7-18-14(9-16)17-13-6-4-3-5-12(13)15(18)19/h3-6,11H,7-10H2,1-2H3. The summed E-state index contributed by atoms with van der Waals surface area (Å²) in [7, 11) is 0. The van der Waals surface area contributed by atoms with Crippen molar-refractivity contribution in [2.75, 3.05) is 13.2 Å². The van der Waals surface area contributed by atoms with E-state index in [-0.39, 0.29) is 11.4 Å². The van der Waals surface area contributed by atoms with Crippen LogP contribution in [0.4, 0.5) is 0 Å². The number of nitrogens with zero attached hydrogens (tertiary/aromatic N) is 2. The van der Waals surface area contributed by atoms with Crippen molar-refractivity contribution in [1.29, 1.82) is 0 Å². The predicted octanol–water partition coefficient (Wildman–Crippen LogP) is 2.81. The first-order chi connectivity index (χ1) is 9.63. The molecule has 4 nitrogen and oxygen atoms in total. The number of benzene rings is 1. The van der Waals surface area contributed by atoms with Crippen molar-refractivity contribution in [3.05, 3.63) is 40.4 Å². The molecule has 0 aliphatic heterocycles. The maximum Gasteiger partial charge on any atom is 0.261 e. The van der Waals surface area contributed by atoms with E-state index in [1.165, 1.54) is 0 Å². The normalized spacial score (nSPS) is 11.4.